The first-order chi connectivity index (χ1) is 12.9. The van der Waals surface area contributed by atoms with E-state index in [1.807, 2.05) is 41.2 Å². The highest BCUT2D eigenvalue weighted by Gasteiger charge is 2.19. The molecule has 4 rings (SSSR count). The minimum atomic E-state index is -0.150. The molecule has 6 nitrogen and oxygen atoms in total. The van der Waals surface area contributed by atoms with Gasteiger partial charge in [0, 0.05) is 34.5 Å². The monoisotopic (exact) mass is 361 g/mol. The summed E-state index contributed by atoms with van der Waals surface area (Å²) in [6.45, 7) is 8.27. The fourth-order valence-electron chi connectivity index (χ4n) is 3.23. The molecule has 0 unspecified atom stereocenters. The van der Waals surface area contributed by atoms with Crippen molar-refractivity contribution < 1.29 is 4.79 Å². The van der Waals surface area contributed by atoms with Gasteiger partial charge in [-0.3, -0.25) is 4.79 Å². The zero-order valence-electron chi connectivity index (χ0n) is 15.9. The standard InChI is InChI=1S/C21H23N5O/c1-12(2)19-10-16(17-11-23-26(13(3)4)20(17)25-19)21(27)24-15-5-6-18-14(9-15)7-8-22-18/h5-13,22H,1-4H3,(H,24,27). The van der Waals surface area contributed by atoms with E-state index < -0.39 is 0 Å². The Kier molecular flexibility index (Phi) is 4.18. The van der Waals surface area contributed by atoms with E-state index in [2.05, 4.69) is 43.1 Å². The van der Waals surface area contributed by atoms with Crippen LogP contribution in [0.15, 0.2) is 42.7 Å². The van der Waals surface area contributed by atoms with E-state index >= 15 is 0 Å². The Hall–Kier alpha value is -3.15. The molecule has 0 bridgehead atoms. The summed E-state index contributed by atoms with van der Waals surface area (Å²) < 4.78 is 1.86. The van der Waals surface area contributed by atoms with Gasteiger partial charge in [-0.1, -0.05) is 13.8 Å². The molecule has 27 heavy (non-hydrogen) atoms. The topological polar surface area (TPSA) is 75.6 Å². The van der Waals surface area contributed by atoms with Gasteiger partial charge in [-0.2, -0.15) is 5.10 Å². The Morgan fingerprint density at radius 1 is 1.15 bits per heavy atom. The highest BCUT2D eigenvalue weighted by molar-refractivity contribution is 6.12. The SMILES string of the molecule is CC(C)c1cc(C(=O)Nc2ccc3[nH]ccc3c2)c2cnn(C(C)C)c2n1. The predicted octanol–water partition coefficient (Wildman–Crippen LogP) is 4.87. The molecule has 6 heteroatoms. The van der Waals surface area contributed by atoms with Gasteiger partial charge in [0.25, 0.3) is 5.91 Å². The van der Waals surface area contributed by atoms with Crippen LogP contribution in [0.4, 0.5) is 5.69 Å². The van der Waals surface area contributed by atoms with Gasteiger partial charge in [0.15, 0.2) is 5.65 Å². The van der Waals surface area contributed by atoms with Gasteiger partial charge < -0.3 is 10.3 Å². The summed E-state index contributed by atoms with van der Waals surface area (Å²) in [5.41, 5.74) is 4.04. The molecule has 0 radical (unpaired) electrons. The van der Waals surface area contributed by atoms with Crippen molar-refractivity contribution in [1.82, 2.24) is 19.7 Å². The Balaban J connectivity index is 1.77. The van der Waals surface area contributed by atoms with Crippen LogP contribution < -0.4 is 5.32 Å². The molecule has 4 aromatic rings. The lowest BCUT2D eigenvalue weighted by atomic mass is 10.0. The van der Waals surface area contributed by atoms with Gasteiger partial charge >= 0.3 is 0 Å². The van der Waals surface area contributed by atoms with Crippen molar-refractivity contribution in [3.05, 3.63) is 54.0 Å². The molecule has 3 aromatic heterocycles. The molecule has 0 aliphatic rings. The van der Waals surface area contributed by atoms with Crippen LogP contribution >= 0.6 is 0 Å². The highest BCUT2D eigenvalue weighted by Crippen LogP contribution is 2.26. The number of hydrogen-bond acceptors (Lipinski definition) is 3. The lowest BCUT2D eigenvalue weighted by Gasteiger charge is -2.12. The molecule has 0 atom stereocenters. The number of amides is 1. The molecule has 1 amide bonds. The highest BCUT2D eigenvalue weighted by atomic mass is 16.1. The molecule has 0 saturated carbocycles. The predicted molar refractivity (Wildman–Crippen MR) is 108 cm³/mol. The fraction of sp³-hybridized carbons (Fsp3) is 0.286. The number of benzene rings is 1. The smallest absolute Gasteiger partial charge is 0.256 e. The third-order valence-electron chi connectivity index (χ3n) is 4.72. The summed E-state index contributed by atoms with van der Waals surface area (Å²) in [7, 11) is 0. The lowest BCUT2D eigenvalue weighted by Crippen LogP contribution is -2.14. The van der Waals surface area contributed by atoms with Crippen LogP contribution in [0.1, 0.15) is 55.7 Å². The summed E-state index contributed by atoms with van der Waals surface area (Å²) in [5, 5.41) is 9.30. The van der Waals surface area contributed by atoms with E-state index in [0.29, 0.717) is 5.56 Å². The number of anilines is 1. The van der Waals surface area contributed by atoms with Crippen LogP contribution in [0.5, 0.6) is 0 Å². The van der Waals surface area contributed by atoms with Crippen LogP contribution in [0.2, 0.25) is 0 Å². The first kappa shape index (κ1) is 17.3. The number of pyridine rings is 1. The fourth-order valence-corrected chi connectivity index (χ4v) is 3.23. The van der Waals surface area contributed by atoms with E-state index in [-0.39, 0.29) is 17.9 Å². The van der Waals surface area contributed by atoms with Crippen molar-refractivity contribution in [3.63, 3.8) is 0 Å². The Morgan fingerprint density at radius 3 is 2.70 bits per heavy atom. The number of hydrogen-bond donors (Lipinski definition) is 2. The second kappa shape index (κ2) is 6.54. The van der Waals surface area contributed by atoms with Gasteiger partial charge in [0.2, 0.25) is 0 Å². The van der Waals surface area contributed by atoms with Crippen LogP contribution in [0.25, 0.3) is 21.9 Å². The Labute approximate surface area is 157 Å². The van der Waals surface area contributed by atoms with Crippen LogP contribution in [-0.2, 0) is 0 Å². The Bertz CT molecular complexity index is 1140. The van der Waals surface area contributed by atoms with Crippen LogP contribution in [0, 0.1) is 0 Å². The Morgan fingerprint density at radius 2 is 1.96 bits per heavy atom. The maximum Gasteiger partial charge on any atom is 0.256 e. The third-order valence-corrected chi connectivity index (χ3v) is 4.72. The number of H-pyrrole nitrogens is 1. The van der Waals surface area contributed by atoms with E-state index in [9.17, 15) is 4.79 Å². The van der Waals surface area contributed by atoms with Gasteiger partial charge in [-0.25, -0.2) is 9.67 Å². The number of aromatic nitrogens is 4. The first-order valence-electron chi connectivity index (χ1n) is 9.20. The van der Waals surface area contributed by atoms with Crippen molar-refractivity contribution in [2.75, 3.05) is 5.32 Å². The molecule has 0 aliphatic heterocycles. The average Bonchev–Trinajstić information content (AvgIpc) is 3.26. The minimum Gasteiger partial charge on any atom is -0.361 e. The quantitative estimate of drug-likeness (QED) is 0.544. The van der Waals surface area contributed by atoms with Crippen molar-refractivity contribution in [1.29, 1.82) is 0 Å². The molecule has 2 N–H and O–H groups in total. The molecule has 0 aliphatic carbocycles. The molecule has 3 heterocycles. The van der Waals surface area contributed by atoms with Gasteiger partial charge in [0.1, 0.15) is 0 Å². The molecule has 138 valence electrons. The van der Waals surface area contributed by atoms with E-state index in [1.54, 1.807) is 6.20 Å². The summed E-state index contributed by atoms with van der Waals surface area (Å²) in [5.74, 6) is 0.0650. The summed E-state index contributed by atoms with van der Waals surface area (Å²) in [6.07, 6.45) is 3.62. The number of nitrogens with one attached hydrogen (secondary N) is 2. The number of nitrogens with zero attached hydrogens (tertiary/aromatic N) is 3. The van der Waals surface area contributed by atoms with E-state index in [0.717, 1.165) is 33.3 Å². The molecule has 0 spiro atoms. The maximum absolute atomic E-state index is 13.1. The normalized spacial score (nSPS) is 11.8. The number of fused-ring (bicyclic) bond motifs is 2. The van der Waals surface area contributed by atoms with Crippen molar-refractivity contribution in [3.8, 4) is 0 Å². The molecular weight excluding hydrogens is 338 g/mol. The van der Waals surface area contributed by atoms with Gasteiger partial charge in [-0.05, 0) is 50.1 Å². The number of carbonyl (C=O) groups is 1. The van der Waals surface area contributed by atoms with E-state index in [4.69, 9.17) is 4.98 Å². The molecular formula is C21H23N5O. The summed E-state index contributed by atoms with van der Waals surface area (Å²) in [4.78, 5) is 21.0. The second-order valence-corrected chi connectivity index (χ2v) is 7.40. The number of carbonyl (C=O) groups excluding carboxylic acids is 1. The minimum absolute atomic E-state index is 0.150. The van der Waals surface area contributed by atoms with Crippen LogP contribution in [-0.4, -0.2) is 25.7 Å². The third kappa shape index (κ3) is 3.07. The van der Waals surface area contributed by atoms with E-state index in [1.165, 1.54) is 0 Å². The average molecular weight is 361 g/mol. The van der Waals surface area contributed by atoms with Crippen molar-refractivity contribution in [2.24, 2.45) is 0 Å². The molecule has 0 fully saturated rings. The van der Waals surface area contributed by atoms with Crippen LogP contribution in [0.3, 0.4) is 0 Å². The largest absolute Gasteiger partial charge is 0.361 e. The van der Waals surface area contributed by atoms with Gasteiger partial charge in [-0.15, -0.1) is 0 Å². The number of rotatable bonds is 4. The lowest BCUT2D eigenvalue weighted by molar-refractivity contribution is 0.102. The zero-order valence-corrected chi connectivity index (χ0v) is 15.9. The molecule has 1 aromatic carbocycles. The second-order valence-electron chi connectivity index (χ2n) is 7.40. The molecule has 0 saturated heterocycles. The summed E-state index contributed by atoms with van der Waals surface area (Å²) in [6, 6.07) is 9.86. The summed E-state index contributed by atoms with van der Waals surface area (Å²) >= 11 is 0. The van der Waals surface area contributed by atoms with Gasteiger partial charge in [0.05, 0.1) is 17.1 Å². The van der Waals surface area contributed by atoms with Crippen molar-refractivity contribution in [2.45, 2.75) is 39.7 Å². The zero-order chi connectivity index (χ0) is 19.1. The maximum atomic E-state index is 13.1. The number of aromatic amines is 1. The van der Waals surface area contributed by atoms with Crippen molar-refractivity contribution >= 4 is 33.5 Å². The first-order valence-corrected chi connectivity index (χ1v) is 9.20.